The predicted molar refractivity (Wildman–Crippen MR) is 116 cm³/mol. The van der Waals surface area contributed by atoms with E-state index in [0.717, 1.165) is 16.7 Å². The van der Waals surface area contributed by atoms with Gasteiger partial charge in [-0.05, 0) is 24.1 Å². The minimum atomic E-state index is -4.51. The van der Waals surface area contributed by atoms with Gasteiger partial charge in [0.25, 0.3) is 11.5 Å². The standard InChI is InChI=1S/C23H16F3N3O6/c1-27-15-7-6-14-18-20(15)35-10-13(8-11-2-4-12(5-3-11)23(24,25)26)29(18)22(34)17(19(14)32)21(33)28-9-16(30)31/h2-7,13,32H,8-10H2,(H,28,33)(H,30,31). The van der Waals surface area contributed by atoms with Crippen LogP contribution in [0.4, 0.5) is 18.9 Å². The van der Waals surface area contributed by atoms with E-state index in [1.807, 2.05) is 5.32 Å². The van der Waals surface area contributed by atoms with Crippen LogP contribution in [0.1, 0.15) is 27.5 Å². The van der Waals surface area contributed by atoms with Gasteiger partial charge in [-0.2, -0.15) is 13.2 Å². The molecule has 0 aliphatic carbocycles. The molecule has 0 saturated carbocycles. The Morgan fingerprint density at radius 2 is 1.89 bits per heavy atom. The molecule has 0 fully saturated rings. The highest BCUT2D eigenvalue weighted by Crippen LogP contribution is 2.43. The number of aromatic nitrogens is 1. The monoisotopic (exact) mass is 487 g/mol. The van der Waals surface area contributed by atoms with Crippen LogP contribution in [0.3, 0.4) is 0 Å². The van der Waals surface area contributed by atoms with Crippen molar-refractivity contribution in [2.75, 3.05) is 13.2 Å². The lowest BCUT2D eigenvalue weighted by molar-refractivity contribution is -0.138. The molecule has 1 aliphatic heterocycles. The van der Waals surface area contributed by atoms with E-state index in [-0.39, 0.29) is 35.4 Å². The molecule has 1 unspecified atom stereocenters. The number of hydrogen-bond acceptors (Lipinski definition) is 5. The van der Waals surface area contributed by atoms with Gasteiger partial charge in [0.15, 0.2) is 5.75 Å². The highest BCUT2D eigenvalue weighted by atomic mass is 19.4. The number of rotatable bonds is 5. The van der Waals surface area contributed by atoms with Crippen LogP contribution in [0.25, 0.3) is 15.7 Å². The zero-order chi connectivity index (χ0) is 25.5. The number of carbonyl (C=O) groups is 2. The van der Waals surface area contributed by atoms with E-state index in [1.165, 1.54) is 24.3 Å². The quantitative estimate of drug-likeness (QED) is 0.475. The van der Waals surface area contributed by atoms with Crippen LogP contribution in [0, 0.1) is 6.57 Å². The summed E-state index contributed by atoms with van der Waals surface area (Å²) in [7, 11) is 0. The molecule has 1 aromatic heterocycles. The molecule has 3 N–H and O–H groups in total. The highest BCUT2D eigenvalue weighted by Gasteiger charge is 2.33. The number of benzene rings is 2. The van der Waals surface area contributed by atoms with Gasteiger partial charge in [0.2, 0.25) is 5.69 Å². The maximum Gasteiger partial charge on any atom is 0.416 e. The molecule has 1 atom stereocenters. The van der Waals surface area contributed by atoms with Gasteiger partial charge in [-0.25, -0.2) is 4.85 Å². The summed E-state index contributed by atoms with van der Waals surface area (Å²) in [5.41, 5.74) is -1.93. The molecular weight excluding hydrogens is 471 g/mol. The maximum atomic E-state index is 13.4. The van der Waals surface area contributed by atoms with Gasteiger partial charge in [-0.15, -0.1) is 0 Å². The lowest BCUT2D eigenvalue weighted by Crippen LogP contribution is -2.39. The smallest absolute Gasteiger partial charge is 0.416 e. The van der Waals surface area contributed by atoms with Crippen molar-refractivity contribution in [3.63, 3.8) is 0 Å². The van der Waals surface area contributed by atoms with E-state index in [9.17, 15) is 32.7 Å². The summed E-state index contributed by atoms with van der Waals surface area (Å²) < 4.78 is 45.6. The van der Waals surface area contributed by atoms with Crippen molar-refractivity contribution in [1.29, 1.82) is 0 Å². The molecule has 9 nitrogen and oxygen atoms in total. The van der Waals surface area contributed by atoms with Crippen molar-refractivity contribution in [1.82, 2.24) is 9.88 Å². The summed E-state index contributed by atoms with van der Waals surface area (Å²) >= 11 is 0. The summed E-state index contributed by atoms with van der Waals surface area (Å²) in [5.74, 6) is -3.17. The Balaban J connectivity index is 1.87. The number of aliphatic carboxylic acids is 1. The number of aromatic hydroxyl groups is 1. The third kappa shape index (κ3) is 4.23. The van der Waals surface area contributed by atoms with Crippen LogP contribution in [0.2, 0.25) is 0 Å². The van der Waals surface area contributed by atoms with Crippen molar-refractivity contribution in [2.24, 2.45) is 0 Å². The van der Waals surface area contributed by atoms with Crippen LogP contribution < -0.4 is 15.6 Å². The third-order valence-electron chi connectivity index (χ3n) is 5.56. The largest absolute Gasteiger partial charge is 0.506 e. The number of alkyl halides is 3. The number of nitrogens with one attached hydrogen (secondary N) is 1. The average molecular weight is 487 g/mol. The Hall–Kier alpha value is -4.53. The third-order valence-corrected chi connectivity index (χ3v) is 5.56. The van der Waals surface area contributed by atoms with Gasteiger partial charge in [0.1, 0.15) is 24.5 Å². The predicted octanol–water partition coefficient (Wildman–Crippen LogP) is 3.27. The van der Waals surface area contributed by atoms with Gasteiger partial charge < -0.3 is 20.3 Å². The second-order valence-corrected chi connectivity index (χ2v) is 7.76. The first-order valence-corrected chi connectivity index (χ1v) is 10.1. The Labute approximate surface area is 194 Å². The number of pyridine rings is 1. The van der Waals surface area contributed by atoms with E-state index in [4.69, 9.17) is 16.4 Å². The molecule has 35 heavy (non-hydrogen) atoms. The number of carboxylic acids is 1. The number of amides is 1. The van der Waals surface area contributed by atoms with Crippen molar-refractivity contribution in [2.45, 2.75) is 18.6 Å². The molecule has 2 heterocycles. The molecule has 1 aliphatic rings. The van der Waals surface area contributed by atoms with Crippen LogP contribution in [-0.2, 0) is 17.4 Å². The number of carbonyl (C=O) groups excluding carboxylic acids is 1. The Morgan fingerprint density at radius 3 is 2.49 bits per heavy atom. The second kappa shape index (κ2) is 8.68. The first-order chi connectivity index (χ1) is 16.5. The lowest BCUT2D eigenvalue weighted by Gasteiger charge is -2.30. The zero-order valence-corrected chi connectivity index (χ0v) is 17.7. The Morgan fingerprint density at radius 1 is 1.20 bits per heavy atom. The summed E-state index contributed by atoms with van der Waals surface area (Å²) in [6.07, 6.45) is -4.48. The van der Waals surface area contributed by atoms with Crippen molar-refractivity contribution >= 4 is 28.5 Å². The minimum Gasteiger partial charge on any atom is -0.506 e. The number of ether oxygens (including phenoxy) is 1. The fourth-order valence-electron chi connectivity index (χ4n) is 3.98. The normalized spacial score (nSPS) is 14.7. The van der Waals surface area contributed by atoms with Crippen LogP contribution >= 0.6 is 0 Å². The van der Waals surface area contributed by atoms with E-state index in [1.54, 1.807) is 0 Å². The number of hydrogen-bond donors (Lipinski definition) is 3. The molecule has 3 aromatic rings. The molecule has 0 saturated heterocycles. The average Bonchev–Trinajstić information content (AvgIpc) is 2.81. The summed E-state index contributed by atoms with van der Waals surface area (Å²) in [6, 6.07) is 6.20. The molecule has 4 rings (SSSR count). The van der Waals surface area contributed by atoms with E-state index in [0.29, 0.717) is 5.56 Å². The fraction of sp³-hybridized carbons (Fsp3) is 0.217. The summed E-state index contributed by atoms with van der Waals surface area (Å²) in [6.45, 7) is 6.42. The van der Waals surface area contributed by atoms with Crippen LogP contribution in [-0.4, -0.2) is 39.8 Å². The van der Waals surface area contributed by atoms with Gasteiger partial charge >= 0.3 is 12.1 Å². The van der Waals surface area contributed by atoms with Crippen molar-refractivity contribution in [3.8, 4) is 11.5 Å². The SMILES string of the molecule is [C-]#[N+]c1ccc2c(O)c(C(=O)NCC(=O)O)c(=O)n3c2c1OCC3Cc1ccc(C(F)(F)F)cc1. The van der Waals surface area contributed by atoms with Gasteiger partial charge in [-0.3, -0.25) is 19.0 Å². The van der Waals surface area contributed by atoms with Crippen LogP contribution in [0.15, 0.2) is 41.2 Å². The van der Waals surface area contributed by atoms with Gasteiger partial charge in [0.05, 0.1) is 23.7 Å². The molecule has 0 bridgehead atoms. The highest BCUT2D eigenvalue weighted by molar-refractivity contribution is 6.05. The van der Waals surface area contributed by atoms with Crippen molar-refractivity contribution in [3.05, 3.63) is 74.9 Å². The molecule has 2 aromatic carbocycles. The second-order valence-electron chi connectivity index (χ2n) is 7.76. The number of nitrogens with zero attached hydrogens (tertiary/aromatic N) is 2. The summed E-state index contributed by atoms with van der Waals surface area (Å²) in [5, 5.41) is 21.6. The van der Waals surface area contributed by atoms with E-state index < -0.39 is 53.1 Å². The zero-order valence-electron chi connectivity index (χ0n) is 17.7. The molecule has 12 heteroatoms. The fourth-order valence-corrected chi connectivity index (χ4v) is 3.98. The van der Waals surface area contributed by atoms with E-state index in [2.05, 4.69) is 4.85 Å². The number of halogens is 3. The molecule has 1 amide bonds. The van der Waals surface area contributed by atoms with Crippen molar-refractivity contribution < 1.29 is 37.7 Å². The Kier molecular flexibility index (Phi) is 5.86. The van der Waals surface area contributed by atoms with E-state index >= 15 is 0 Å². The maximum absolute atomic E-state index is 13.4. The number of carboxylic acid groups (broad SMARTS) is 1. The topological polar surface area (TPSA) is 122 Å². The lowest BCUT2D eigenvalue weighted by atomic mass is 10.0. The molecule has 0 spiro atoms. The first-order valence-electron chi connectivity index (χ1n) is 10.1. The van der Waals surface area contributed by atoms with Crippen LogP contribution in [0.5, 0.6) is 11.5 Å². The minimum absolute atomic E-state index is 0.0181. The summed E-state index contributed by atoms with van der Waals surface area (Å²) in [4.78, 5) is 40.2. The molecule has 180 valence electrons. The Bertz CT molecular complexity index is 1460. The first kappa shape index (κ1) is 23.6. The van der Waals surface area contributed by atoms with Gasteiger partial charge in [-0.1, -0.05) is 24.3 Å². The molecule has 0 radical (unpaired) electrons. The van der Waals surface area contributed by atoms with Gasteiger partial charge in [0, 0.05) is 5.39 Å². The molecular formula is C23H16F3N3O6.